The minimum absolute atomic E-state index is 0.162. The number of aromatic nitrogens is 2. The van der Waals surface area contributed by atoms with E-state index in [1.807, 2.05) is 6.92 Å². The Kier molecular flexibility index (Phi) is 3.00. The Bertz CT molecular complexity index is 522. The third-order valence-corrected chi connectivity index (χ3v) is 4.47. The Morgan fingerprint density at radius 2 is 2.21 bits per heavy atom. The smallest absolute Gasteiger partial charge is 0.307 e. The van der Waals surface area contributed by atoms with Crippen LogP contribution >= 0.6 is 11.5 Å². The van der Waals surface area contributed by atoms with Crippen molar-refractivity contribution in [3.63, 3.8) is 0 Å². The summed E-state index contributed by atoms with van der Waals surface area (Å²) in [5.41, 5.74) is -0.577. The van der Waals surface area contributed by atoms with Crippen LogP contribution in [-0.4, -0.2) is 26.8 Å². The normalized spacial score (nSPS) is 24.7. The summed E-state index contributed by atoms with van der Waals surface area (Å²) in [6.07, 6.45) is 3.73. The molecule has 1 aromatic rings. The molecular formula is C12H15N3O3S. The average Bonchev–Trinajstić information content (AvgIpc) is 3.03. The minimum atomic E-state index is -0.577. The molecule has 1 aromatic heterocycles. The number of carbonyl (C=O) groups excluding carboxylic acids is 2. The van der Waals surface area contributed by atoms with Crippen LogP contribution in [0.1, 0.15) is 37.1 Å². The maximum absolute atomic E-state index is 12.3. The van der Waals surface area contributed by atoms with Crippen LogP contribution in [-0.2, 0) is 14.3 Å². The van der Waals surface area contributed by atoms with Gasteiger partial charge >= 0.3 is 5.97 Å². The number of esters is 1. The number of anilines is 1. The number of hydrogen-bond acceptors (Lipinski definition) is 6. The minimum Gasteiger partial charge on any atom is -0.458 e. The zero-order chi connectivity index (χ0) is 13.5. The van der Waals surface area contributed by atoms with Crippen molar-refractivity contribution in [2.75, 3.05) is 5.32 Å². The van der Waals surface area contributed by atoms with Crippen LogP contribution in [0.5, 0.6) is 0 Å². The van der Waals surface area contributed by atoms with Crippen LogP contribution in [0.4, 0.5) is 5.95 Å². The van der Waals surface area contributed by atoms with Gasteiger partial charge in [0.05, 0.1) is 12.3 Å². The van der Waals surface area contributed by atoms with Crippen LogP contribution in [0.2, 0.25) is 0 Å². The number of ether oxygens (including phenoxy) is 1. The van der Waals surface area contributed by atoms with Gasteiger partial charge in [0, 0.05) is 0 Å². The highest BCUT2D eigenvalue weighted by Crippen LogP contribution is 2.45. The molecule has 2 fully saturated rings. The van der Waals surface area contributed by atoms with Gasteiger partial charge in [0.2, 0.25) is 11.9 Å². The number of hydrogen-bond donors (Lipinski definition) is 1. The lowest BCUT2D eigenvalue weighted by molar-refractivity contribution is -0.149. The summed E-state index contributed by atoms with van der Waals surface area (Å²) in [6, 6.07) is 0. The Balaban J connectivity index is 1.76. The van der Waals surface area contributed by atoms with Crippen LogP contribution in [0.15, 0.2) is 0 Å². The second-order valence-corrected chi connectivity index (χ2v) is 6.08. The molecule has 2 heterocycles. The number of aryl methyl sites for hydroxylation is 1. The maximum atomic E-state index is 12.3. The number of rotatable bonds is 2. The topological polar surface area (TPSA) is 81.2 Å². The van der Waals surface area contributed by atoms with Gasteiger partial charge < -0.3 is 4.74 Å². The summed E-state index contributed by atoms with van der Waals surface area (Å²) in [7, 11) is 0. The highest BCUT2D eigenvalue weighted by Gasteiger charge is 2.54. The molecule has 1 N–H and O–H groups in total. The number of nitrogens with one attached hydrogen (secondary N) is 1. The Morgan fingerprint density at radius 1 is 1.47 bits per heavy atom. The van der Waals surface area contributed by atoms with Crippen LogP contribution in [0.3, 0.4) is 0 Å². The molecule has 7 heteroatoms. The third-order valence-electron chi connectivity index (χ3n) is 3.85. The second kappa shape index (κ2) is 4.56. The van der Waals surface area contributed by atoms with E-state index in [4.69, 9.17) is 4.74 Å². The molecule has 1 atom stereocenters. The van der Waals surface area contributed by atoms with Crippen LogP contribution in [0, 0.1) is 12.8 Å². The fourth-order valence-electron chi connectivity index (χ4n) is 3.00. The molecule has 1 spiro atoms. The fourth-order valence-corrected chi connectivity index (χ4v) is 3.43. The maximum Gasteiger partial charge on any atom is 0.307 e. The lowest BCUT2D eigenvalue weighted by Crippen LogP contribution is -2.39. The molecule has 6 nitrogen and oxygen atoms in total. The van der Waals surface area contributed by atoms with Crippen molar-refractivity contribution in [2.45, 2.75) is 44.6 Å². The molecule has 102 valence electrons. The molecule has 19 heavy (non-hydrogen) atoms. The summed E-state index contributed by atoms with van der Waals surface area (Å²) in [6.45, 7) is 1.83. The SMILES string of the molecule is Cc1nc(NC(=O)C2CC(=O)OC23CCCC3)ns1. The van der Waals surface area contributed by atoms with Crippen molar-refractivity contribution in [2.24, 2.45) is 5.92 Å². The number of nitrogens with zero attached hydrogens (tertiary/aromatic N) is 2. The van der Waals surface area contributed by atoms with Crippen LogP contribution < -0.4 is 5.32 Å². The lowest BCUT2D eigenvalue weighted by Gasteiger charge is -2.27. The van der Waals surface area contributed by atoms with Gasteiger partial charge in [-0.15, -0.1) is 0 Å². The molecule has 1 aliphatic carbocycles. The van der Waals surface area contributed by atoms with Crippen molar-refractivity contribution in [1.82, 2.24) is 9.36 Å². The summed E-state index contributed by atoms with van der Waals surface area (Å²) >= 11 is 1.24. The van der Waals surface area contributed by atoms with Gasteiger partial charge in [-0.2, -0.15) is 4.37 Å². The molecule has 1 unspecified atom stereocenters. The van der Waals surface area contributed by atoms with E-state index in [0.29, 0.717) is 5.95 Å². The van der Waals surface area contributed by atoms with Gasteiger partial charge in [-0.05, 0) is 44.1 Å². The molecule has 1 amide bonds. The summed E-state index contributed by atoms with van der Waals surface area (Å²) in [4.78, 5) is 28.0. The first-order valence-corrected chi connectivity index (χ1v) is 7.19. The molecule has 2 aliphatic rings. The van der Waals surface area contributed by atoms with E-state index in [1.165, 1.54) is 11.5 Å². The predicted molar refractivity (Wildman–Crippen MR) is 68.7 cm³/mol. The van der Waals surface area contributed by atoms with E-state index in [-0.39, 0.29) is 18.3 Å². The zero-order valence-corrected chi connectivity index (χ0v) is 11.5. The largest absolute Gasteiger partial charge is 0.458 e. The van der Waals surface area contributed by atoms with Gasteiger partial charge in [-0.25, -0.2) is 4.98 Å². The molecule has 0 aromatic carbocycles. The predicted octanol–water partition coefficient (Wildman–Crippen LogP) is 1.66. The first kappa shape index (κ1) is 12.5. The summed E-state index contributed by atoms with van der Waals surface area (Å²) < 4.78 is 9.48. The first-order chi connectivity index (χ1) is 9.09. The standard InChI is InChI=1S/C12H15N3O3S/c1-7-13-11(15-19-7)14-10(17)8-6-9(16)18-12(8)4-2-3-5-12/h8H,2-6H2,1H3,(H,14,15,17). The lowest BCUT2D eigenvalue weighted by atomic mass is 9.85. The third kappa shape index (κ3) is 2.22. The molecule has 0 bridgehead atoms. The monoisotopic (exact) mass is 281 g/mol. The quantitative estimate of drug-likeness (QED) is 0.834. The molecule has 1 saturated carbocycles. The molecule has 1 aliphatic heterocycles. The van der Waals surface area contributed by atoms with Crippen molar-refractivity contribution in [3.8, 4) is 0 Å². The van der Waals surface area contributed by atoms with Crippen molar-refractivity contribution in [3.05, 3.63) is 5.01 Å². The van der Waals surface area contributed by atoms with E-state index in [1.54, 1.807) is 0 Å². The summed E-state index contributed by atoms with van der Waals surface area (Å²) in [5.74, 6) is -0.568. The first-order valence-electron chi connectivity index (χ1n) is 6.42. The van der Waals surface area contributed by atoms with E-state index < -0.39 is 11.5 Å². The van der Waals surface area contributed by atoms with Crippen molar-refractivity contribution in [1.29, 1.82) is 0 Å². The Labute approximate surface area is 114 Å². The second-order valence-electron chi connectivity index (χ2n) is 5.13. The molecule has 0 radical (unpaired) electrons. The number of carbonyl (C=O) groups is 2. The van der Waals surface area contributed by atoms with Gasteiger partial charge in [0.15, 0.2) is 0 Å². The highest BCUT2D eigenvalue weighted by atomic mass is 32.1. The molecular weight excluding hydrogens is 266 g/mol. The van der Waals surface area contributed by atoms with E-state index in [0.717, 1.165) is 30.7 Å². The molecule has 3 rings (SSSR count). The highest BCUT2D eigenvalue weighted by molar-refractivity contribution is 7.05. The van der Waals surface area contributed by atoms with Crippen LogP contribution in [0.25, 0.3) is 0 Å². The zero-order valence-electron chi connectivity index (χ0n) is 10.6. The number of amides is 1. The van der Waals surface area contributed by atoms with Crippen molar-refractivity contribution < 1.29 is 14.3 Å². The Morgan fingerprint density at radius 3 is 2.84 bits per heavy atom. The average molecular weight is 281 g/mol. The fraction of sp³-hybridized carbons (Fsp3) is 0.667. The molecule has 1 saturated heterocycles. The van der Waals surface area contributed by atoms with Gasteiger partial charge in [-0.3, -0.25) is 14.9 Å². The Hall–Kier alpha value is -1.50. The van der Waals surface area contributed by atoms with Crippen molar-refractivity contribution >= 4 is 29.4 Å². The van der Waals surface area contributed by atoms with E-state index >= 15 is 0 Å². The van der Waals surface area contributed by atoms with Gasteiger partial charge in [-0.1, -0.05) is 0 Å². The van der Waals surface area contributed by atoms with Gasteiger partial charge in [0.25, 0.3) is 0 Å². The summed E-state index contributed by atoms with van der Waals surface area (Å²) in [5, 5.41) is 3.49. The van der Waals surface area contributed by atoms with E-state index in [2.05, 4.69) is 14.7 Å². The van der Waals surface area contributed by atoms with Gasteiger partial charge in [0.1, 0.15) is 10.6 Å². The van der Waals surface area contributed by atoms with E-state index in [9.17, 15) is 9.59 Å².